The first-order valence-electron chi connectivity index (χ1n) is 3.96. The maximum Gasteiger partial charge on any atom is 0.299 e. The summed E-state index contributed by atoms with van der Waals surface area (Å²) in [6, 6.07) is 5.54. The van der Waals surface area contributed by atoms with Crippen molar-refractivity contribution in [2.24, 2.45) is 10.2 Å². The second-order valence-electron chi connectivity index (χ2n) is 3.07. The Bertz CT molecular complexity index is 396. The summed E-state index contributed by atoms with van der Waals surface area (Å²) in [5.74, 6) is -0.251. The molecule has 1 amide bonds. The SMILES string of the molecule is CN(C)c1cccc2c1C(=O)N=N2. The van der Waals surface area contributed by atoms with Crippen LogP contribution >= 0.6 is 0 Å². The molecule has 0 aliphatic carbocycles. The number of fused-ring (bicyclic) bond motifs is 1. The Morgan fingerprint density at radius 3 is 2.69 bits per heavy atom. The van der Waals surface area contributed by atoms with Crippen LogP contribution in [0.2, 0.25) is 0 Å². The van der Waals surface area contributed by atoms with E-state index >= 15 is 0 Å². The van der Waals surface area contributed by atoms with Crippen molar-refractivity contribution < 1.29 is 4.79 Å². The van der Waals surface area contributed by atoms with E-state index in [0.717, 1.165) is 5.69 Å². The lowest BCUT2D eigenvalue weighted by Crippen LogP contribution is -2.12. The lowest BCUT2D eigenvalue weighted by atomic mass is 10.1. The molecule has 0 aromatic heterocycles. The molecule has 0 saturated carbocycles. The van der Waals surface area contributed by atoms with E-state index in [1.165, 1.54) is 0 Å². The molecular formula is C9H9N3O. The highest BCUT2D eigenvalue weighted by Crippen LogP contribution is 2.33. The number of carbonyl (C=O) groups excluding carboxylic acids is 1. The number of amides is 1. The van der Waals surface area contributed by atoms with Crippen molar-refractivity contribution in [2.45, 2.75) is 0 Å². The standard InChI is InChI=1S/C9H9N3O/c1-12(2)7-5-3-4-6-8(7)9(13)11-10-6/h3-5H,1-2H3. The van der Waals surface area contributed by atoms with Crippen molar-refractivity contribution in [3.05, 3.63) is 23.8 Å². The van der Waals surface area contributed by atoms with Crippen LogP contribution in [0.5, 0.6) is 0 Å². The number of azo groups is 1. The molecule has 1 aromatic carbocycles. The van der Waals surface area contributed by atoms with Gasteiger partial charge in [0.15, 0.2) is 0 Å². The van der Waals surface area contributed by atoms with E-state index in [9.17, 15) is 4.79 Å². The van der Waals surface area contributed by atoms with Crippen molar-refractivity contribution in [3.8, 4) is 0 Å². The fourth-order valence-corrected chi connectivity index (χ4v) is 1.35. The van der Waals surface area contributed by atoms with Gasteiger partial charge in [0, 0.05) is 14.1 Å². The second-order valence-corrected chi connectivity index (χ2v) is 3.07. The molecule has 1 heterocycles. The zero-order chi connectivity index (χ0) is 9.42. The van der Waals surface area contributed by atoms with Gasteiger partial charge in [-0.1, -0.05) is 6.07 Å². The van der Waals surface area contributed by atoms with Crippen molar-refractivity contribution in [2.75, 3.05) is 19.0 Å². The van der Waals surface area contributed by atoms with E-state index in [-0.39, 0.29) is 5.91 Å². The van der Waals surface area contributed by atoms with Crippen LogP contribution in [0.1, 0.15) is 10.4 Å². The molecule has 1 aliphatic heterocycles. The van der Waals surface area contributed by atoms with E-state index in [1.807, 2.05) is 31.1 Å². The predicted molar refractivity (Wildman–Crippen MR) is 49.6 cm³/mol. The summed E-state index contributed by atoms with van der Waals surface area (Å²) >= 11 is 0. The Balaban J connectivity index is 2.64. The lowest BCUT2D eigenvalue weighted by Gasteiger charge is -2.14. The van der Waals surface area contributed by atoms with E-state index in [1.54, 1.807) is 6.07 Å². The van der Waals surface area contributed by atoms with Crippen LogP contribution in [-0.4, -0.2) is 20.0 Å². The van der Waals surface area contributed by atoms with Crippen LogP contribution < -0.4 is 4.90 Å². The number of nitrogens with zero attached hydrogens (tertiary/aromatic N) is 3. The van der Waals surface area contributed by atoms with Crippen molar-refractivity contribution in [3.63, 3.8) is 0 Å². The quantitative estimate of drug-likeness (QED) is 0.655. The highest BCUT2D eigenvalue weighted by molar-refractivity contribution is 6.06. The third-order valence-electron chi connectivity index (χ3n) is 1.96. The Kier molecular flexibility index (Phi) is 1.62. The van der Waals surface area contributed by atoms with Gasteiger partial charge in [-0.15, -0.1) is 10.2 Å². The molecule has 13 heavy (non-hydrogen) atoms. The van der Waals surface area contributed by atoms with Gasteiger partial charge in [0.1, 0.15) is 5.69 Å². The Morgan fingerprint density at radius 1 is 1.23 bits per heavy atom. The number of rotatable bonds is 1. The molecular weight excluding hydrogens is 166 g/mol. The summed E-state index contributed by atoms with van der Waals surface area (Å²) in [7, 11) is 3.78. The van der Waals surface area contributed by atoms with Gasteiger partial charge in [-0.25, -0.2) is 0 Å². The fourth-order valence-electron chi connectivity index (χ4n) is 1.35. The normalized spacial score (nSPS) is 13.2. The maximum absolute atomic E-state index is 11.3. The third-order valence-corrected chi connectivity index (χ3v) is 1.96. The molecule has 0 N–H and O–H groups in total. The molecule has 1 aliphatic rings. The number of benzene rings is 1. The zero-order valence-electron chi connectivity index (χ0n) is 7.48. The maximum atomic E-state index is 11.3. The molecule has 1 aromatic rings. The van der Waals surface area contributed by atoms with Crippen LogP contribution in [0.4, 0.5) is 11.4 Å². The molecule has 0 fully saturated rings. The summed E-state index contributed by atoms with van der Waals surface area (Å²) < 4.78 is 0. The minimum atomic E-state index is -0.251. The van der Waals surface area contributed by atoms with Gasteiger partial charge >= 0.3 is 0 Å². The predicted octanol–water partition coefficient (Wildman–Crippen LogP) is 1.99. The van der Waals surface area contributed by atoms with Gasteiger partial charge < -0.3 is 4.90 Å². The van der Waals surface area contributed by atoms with E-state index in [2.05, 4.69) is 10.2 Å². The van der Waals surface area contributed by atoms with E-state index < -0.39 is 0 Å². The average Bonchev–Trinajstić information content (AvgIpc) is 2.48. The molecule has 66 valence electrons. The molecule has 0 radical (unpaired) electrons. The summed E-state index contributed by atoms with van der Waals surface area (Å²) in [6.45, 7) is 0. The van der Waals surface area contributed by atoms with Crippen LogP contribution in [0, 0.1) is 0 Å². The largest absolute Gasteiger partial charge is 0.377 e. The lowest BCUT2D eigenvalue weighted by molar-refractivity contribution is 0.100. The number of carbonyl (C=O) groups is 1. The highest BCUT2D eigenvalue weighted by atomic mass is 16.2. The molecule has 0 spiro atoms. The summed E-state index contributed by atoms with van der Waals surface area (Å²) in [5, 5.41) is 7.28. The van der Waals surface area contributed by atoms with Gasteiger partial charge in [-0.3, -0.25) is 4.79 Å². The summed E-state index contributed by atoms with van der Waals surface area (Å²) in [6.07, 6.45) is 0. The van der Waals surface area contributed by atoms with Gasteiger partial charge in [0.2, 0.25) is 0 Å². The molecule has 2 rings (SSSR count). The van der Waals surface area contributed by atoms with Crippen molar-refractivity contribution >= 4 is 17.3 Å². The van der Waals surface area contributed by atoms with Crippen LogP contribution in [-0.2, 0) is 0 Å². The van der Waals surface area contributed by atoms with Crippen molar-refractivity contribution in [1.82, 2.24) is 0 Å². The molecule has 0 bridgehead atoms. The topological polar surface area (TPSA) is 45.0 Å². The summed E-state index contributed by atoms with van der Waals surface area (Å²) in [4.78, 5) is 13.2. The van der Waals surface area contributed by atoms with E-state index in [0.29, 0.717) is 11.3 Å². The molecule has 0 saturated heterocycles. The number of hydrogen-bond acceptors (Lipinski definition) is 3. The van der Waals surface area contributed by atoms with Gasteiger partial charge in [0.25, 0.3) is 5.91 Å². The van der Waals surface area contributed by atoms with Crippen LogP contribution in [0.25, 0.3) is 0 Å². The number of hydrogen-bond donors (Lipinski definition) is 0. The van der Waals surface area contributed by atoms with Gasteiger partial charge in [0.05, 0.1) is 11.3 Å². The summed E-state index contributed by atoms with van der Waals surface area (Å²) in [5.41, 5.74) is 2.14. The van der Waals surface area contributed by atoms with Gasteiger partial charge in [-0.05, 0) is 12.1 Å². The van der Waals surface area contributed by atoms with Gasteiger partial charge in [-0.2, -0.15) is 0 Å². The van der Waals surface area contributed by atoms with Crippen LogP contribution in [0.15, 0.2) is 28.4 Å². The fraction of sp³-hybridized carbons (Fsp3) is 0.222. The molecule has 4 heteroatoms. The average molecular weight is 175 g/mol. The Hall–Kier alpha value is -1.71. The number of anilines is 1. The molecule has 0 atom stereocenters. The Labute approximate surface area is 75.9 Å². The first-order valence-corrected chi connectivity index (χ1v) is 3.96. The molecule has 0 unspecified atom stereocenters. The molecule has 4 nitrogen and oxygen atoms in total. The third kappa shape index (κ3) is 1.11. The monoisotopic (exact) mass is 175 g/mol. The van der Waals surface area contributed by atoms with Crippen LogP contribution in [0.3, 0.4) is 0 Å². The first kappa shape index (κ1) is 7.91. The van der Waals surface area contributed by atoms with E-state index in [4.69, 9.17) is 0 Å². The highest BCUT2D eigenvalue weighted by Gasteiger charge is 2.21. The smallest absolute Gasteiger partial charge is 0.299 e. The minimum Gasteiger partial charge on any atom is -0.377 e. The minimum absolute atomic E-state index is 0.251. The van der Waals surface area contributed by atoms with Crippen molar-refractivity contribution in [1.29, 1.82) is 0 Å². The Morgan fingerprint density at radius 2 is 2.00 bits per heavy atom. The first-order chi connectivity index (χ1) is 6.20. The zero-order valence-corrected chi connectivity index (χ0v) is 7.48. The second kappa shape index (κ2) is 2.65.